The molecule has 1 heterocycles. The summed E-state index contributed by atoms with van der Waals surface area (Å²) in [5.41, 5.74) is 2.16. The molecule has 0 atom stereocenters. The fourth-order valence-electron chi connectivity index (χ4n) is 2.35. The summed E-state index contributed by atoms with van der Waals surface area (Å²) in [6.45, 7) is 4.12. The molecule has 2 rings (SSSR count). The first-order valence-corrected chi connectivity index (χ1v) is 8.66. The fourth-order valence-corrected chi connectivity index (χ4v) is 3.54. The Balaban J connectivity index is 2.32. The van der Waals surface area contributed by atoms with Crippen LogP contribution < -0.4 is 9.62 Å². The number of fused-ring (bicyclic) bond motifs is 1. The number of ether oxygens (including phenoxy) is 1. The quantitative estimate of drug-likeness (QED) is 0.926. The number of nitrogens with one attached hydrogen (secondary N) is 1. The van der Waals surface area contributed by atoms with Gasteiger partial charge < -0.3 is 4.74 Å². The lowest BCUT2D eigenvalue weighted by molar-refractivity contribution is 0.168. The van der Waals surface area contributed by atoms with E-state index in [2.05, 4.69) is 5.32 Å². The first-order chi connectivity index (χ1) is 9.97. The molecule has 0 aromatic heterocycles. The van der Waals surface area contributed by atoms with E-state index in [0.717, 1.165) is 18.4 Å². The van der Waals surface area contributed by atoms with Gasteiger partial charge in [0.2, 0.25) is 10.0 Å². The molecule has 0 unspecified atom stereocenters. The van der Waals surface area contributed by atoms with Gasteiger partial charge in [0, 0.05) is 12.2 Å². The zero-order valence-corrected chi connectivity index (χ0v) is 13.1. The van der Waals surface area contributed by atoms with Gasteiger partial charge in [-0.2, -0.15) is 0 Å². The summed E-state index contributed by atoms with van der Waals surface area (Å²) >= 11 is 0. The standard InChI is InChI=1S/C14H20N2O4S/c1-3-20-14(17)15-12-8-7-11-6-5-9-16(13(11)10-12)21(18,19)4-2/h7-8,10H,3-6,9H2,1-2H3,(H,15,17). The molecule has 7 heteroatoms. The molecule has 0 bridgehead atoms. The summed E-state index contributed by atoms with van der Waals surface area (Å²) < 4.78 is 30.6. The Labute approximate surface area is 125 Å². The van der Waals surface area contributed by atoms with Crippen molar-refractivity contribution >= 4 is 27.5 Å². The van der Waals surface area contributed by atoms with Crippen molar-refractivity contribution in [2.75, 3.05) is 28.5 Å². The van der Waals surface area contributed by atoms with Crippen LogP contribution in [0.1, 0.15) is 25.8 Å². The normalized spacial score (nSPS) is 14.5. The maximum atomic E-state index is 12.2. The van der Waals surface area contributed by atoms with Gasteiger partial charge in [0.25, 0.3) is 0 Å². The Morgan fingerprint density at radius 3 is 2.81 bits per heavy atom. The number of carbonyl (C=O) groups is 1. The van der Waals surface area contributed by atoms with E-state index < -0.39 is 16.1 Å². The van der Waals surface area contributed by atoms with E-state index >= 15 is 0 Å². The van der Waals surface area contributed by atoms with Crippen molar-refractivity contribution in [1.29, 1.82) is 0 Å². The van der Waals surface area contributed by atoms with Crippen molar-refractivity contribution < 1.29 is 17.9 Å². The minimum atomic E-state index is -3.30. The Morgan fingerprint density at radius 1 is 1.38 bits per heavy atom. The minimum Gasteiger partial charge on any atom is -0.450 e. The van der Waals surface area contributed by atoms with E-state index in [-0.39, 0.29) is 12.4 Å². The Bertz CT molecular complexity index is 628. The Kier molecular flexibility index (Phi) is 4.72. The number of nitrogens with zero attached hydrogens (tertiary/aromatic N) is 1. The molecular formula is C14H20N2O4S. The molecule has 1 aliphatic heterocycles. The molecule has 0 saturated carbocycles. The summed E-state index contributed by atoms with van der Waals surface area (Å²) in [6.07, 6.45) is 1.10. The summed E-state index contributed by atoms with van der Waals surface area (Å²) in [4.78, 5) is 11.4. The Morgan fingerprint density at radius 2 is 2.14 bits per heavy atom. The highest BCUT2D eigenvalue weighted by Crippen LogP contribution is 2.32. The van der Waals surface area contributed by atoms with Gasteiger partial charge in [-0.15, -0.1) is 0 Å². The Hall–Kier alpha value is -1.76. The van der Waals surface area contributed by atoms with Crippen LogP contribution in [0, 0.1) is 0 Å². The number of benzene rings is 1. The molecule has 0 saturated heterocycles. The van der Waals surface area contributed by atoms with E-state index in [9.17, 15) is 13.2 Å². The molecule has 1 amide bonds. The van der Waals surface area contributed by atoms with Gasteiger partial charge in [-0.05, 0) is 44.4 Å². The van der Waals surface area contributed by atoms with Crippen LogP contribution in [0.2, 0.25) is 0 Å². The van der Waals surface area contributed by atoms with Crippen LogP contribution in [0.3, 0.4) is 0 Å². The van der Waals surface area contributed by atoms with Crippen molar-refractivity contribution in [2.45, 2.75) is 26.7 Å². The second-order valence-electron chi connectivity index (χ2n) is 4.77. The molecule has 0 radical (unpaired) electrons. The number of hydrogen-bond donors (Lipinski definition) is 1. The maximum absolute atomic E-state index is 12.2. The lowest BCUT2D eigenvalue weighted by Crippen LogP contribution is -2.36. The zero-order valence-electron chi connectivity index (χ0n) is 12.3. The molecular weight excluding hydrogens is 292 g/mol. The largest absolute Gasteiger partial charge is 0.450 e. The molecule has 1 N–H and O–H groups in total. The van der Waals surface area contributed by atoms with Crippen molar-refractivity contribution in [3.63, 3.8) is 0 Å². The van der Waals surface area contributed by atoms with Gasteiger partial charge >= 0.3 is 6.09 Å². The molecule has 21 heavy (non-hydrogen) atoms. The van der Waals surface area contributed by atoms with Gasteiger partial charge in [0.15, 0.2) is 0 Å². The second-order valence-corrected chi connectivity index (χ2v) is 6.95. The summed E-state index contributed by atoms with van der Waals surface area (Å²) in [5, 5.41) is 2.60. The van der Waals surface area contributed by atoms with E-state index in [1.165, 1.54) is 4.31 Å². The van der Waals surface area contributed by atoms with Gasteiger partial charge in [0.05, 0.1) is 18.0 Å². The number of carbonyl (C=O) groups excluding carboxylic acids is 1. The highest BCUT2D eigenvalue weighted by atomic mass is 32.2. The van der Waals surface area contributed by atoms with Crippen LogP contribution in [0.5, 0.6) is 0 Å². The lowest BCUT2D eigenvalue weighted by atomic mass is 10.0. The molecule has 1 aromatic rings. The topological polar surface area (TPSA) is 75.7 Å². The van der Waals surface area contributed by atoms with Gasteiger partial charge in [-0.3, -0.25) is 9.62 Å². The predicted molar refractivity (Wildman–Crippen MR) is 82.2 cm³/mol. The van der Waals surface area contributed by atoms with Crippen molar-refractivity contribution in [2.24, 2.45) is 0 Å². The average molecular weight is 312 g/mol. The van der Waals surface area contributed by atoms with E-state index in [1.807, 2.05) is 6.07 Å². The number of amides is 1. The predicted octanol–water partition coefficient (Wildman–Crippen LogP) is 2.36. The van der Waals surface area contributed by atoms with Crippen molar-refractivity contribution in [3.8, 4) is 0 Å². The maximum Gasteiger partial charge on any atom is 0.411 e. The lowest BCUT2D eigenvalue weighted by Gasteiger charge is -2.30. The molecule has 0 fully saturated rings. The molecule has 1 aliphatic rings. The molecule has 116 valence electrons. The van der Waals surface area contributed by atoms with Gasteiger partial charge in [-0.25, -0.2) is 13.2 Å². The third-order valence-corrected chi connectivity index (χ3v) is 5.16. The molecule has 6 nitrogen and oxygen atoms in total. The van der Waals surface area contributed by atoms with Crippen LogP contribution in [0.4, 0.5) is 16.2 Å². The first-order valence-electron chi connectivity index (χ1n) is 7.05. The SMILES string of the molecule is CCOC(=O)Nc1ccc2c(c1)N(S(=O)(=O)CC)CCC2. The third kappa shape index (κ3) is 3.47. The third-order valence-electron chi connectivity index (χ3n) is 3.38. The molecule has 0 aliphatic carbocycles. The van der Waals surface area contributed by atoms with Crippen molar-refractivity contribution in [1.82, 2.24) is 0 Å². The van der Waals surface area contributed by atoms with Crippen molar-refractivity contribution in [3.05, 3.63) is 23.8 Å². The zero-order chi connectivity index (χ0) is 15.5. The van der Waals surface area contributed by atoms with Gasteiger partial charge in [-0.1, -0.05) is 6.07 Å². The summed E-state index contributed by atoms with van der Waals surface area (Å²) in [7, 11) is -3.30. The molecule has 0 spiro atoms. The number of anilines is 2. The van der Waals surface area contributed by atoms with Gasteiger partial charge in [0.1, 0.15) is 0 Å². The van der Waals surface area contributed by atoms with E-state index in [1.54, 1.807) is 26.0 Å². The van der Waals surface area contributed by atoms with Crippen LogP contribution in [-0.4, -0.2) is 33.4 Å². The smallest absolute Gasteiger partial charge is 0.411 e. The summed E-state index contributed by atoms with van der Waals surface area (Å²) in [6, 6.07) is 5.31. The second kappa shape index (κ2) is 6.34. The molecule has 1 aromatic carbocycles. The number of rotatable bonds is 4. The van der Waals surface area contributed by atoms with Crippen LogP contribution >= 0.6 is 0 Å². The fraction of sp³-hybridized carbons (Fsp3) is 0.500. The average Bonchev–Trinajstić information content (AvgIpc) is 2.46. The first kappa shape index (κ1) is 15.6. The van der Waals surface area contributed by atoms with E-state index in [0.29, 0.717) is 17.9 Å². The minimum absolute atomic E-state index is 0.0575. The van der Waals surface area contributed by atoms with E-state index in [4.69, 9.17) is 4.74 Å². The highest BCUT2D eigenvalue weighted by molar-refractivity contribution is 7.92. The van der Waals surface area contributed by atoms with Crippen LogP contribution in [-0.2, 0) is 21.2 Å². The highest BCUT2D eigenvalue weighted by Gasteiger charge is 2.26. The van der Waals surface area contributed by atoms with Crippen LogP contribution in [0.25, 0.3) is 0 Å². The number of aryl methyl sites for hydroxylation is 1. The van der Waals surface area contributed by atoms with Crippen LogP contribution in [0.15, 0.2) is 18.2 Å². The summed E-state index contributed by atoms with van der Waals surface area (Å²) in [5.74, 6) is 0.0575. The number of sulfonamides is 1. The number of hydrogen-bond acceptors (Lipinski definition) is 4. The monoisotopic (exact) mass is 312 g/mol.